The van der Waals surface area contributed by atoms with E-state index in [0.717, 1.165) is 24.0 Å². The highest BCUT2D eigenvalue weighted by Gasteiger charge is 2.30. The highest BCUT2D eigenvalue weighted by molar-refractivity contribution is 8.00. The molecule has 5 nitrogen and oxygen atoms in total. The van der Waals surface area contributed by atoms with Gasteiger partial charge in [0, 0.05) is 30.7 Å². The third-order valence-corrected chi connectivity index (χ3v) is 5.30. The molecule has 1 aromatic heterocycles. The van der Waals surface area contributed by atoms with Gasteiger partial charge in [0.15, 0.2) is 5.13 Å². The van der Waals surface area contributed by atoms with Crippen LogP contribution in [-0.2, 0) is 11.3 Å². The molecule has 0 saturated carbocycles. The van der Waals surface area contributed by atoms with Crippen molar-refractivity contribution < 1.29 is 14.6 Å². The largest absolute Gasteiger partial charge is 0.477 e. The van der Waals surface area contributed by atoms with Crippen LogP contribution in [0.5, 0.6) is 0 Å². The van der Waals surface area contributed by atoms with Gasteiger partial charge < -0.3 is 14.7 Å². The summed E-state index contributed by atoms with van der Waals surface area (Å²) in [6.45, 7) is 6.44. The van der Waals surface area contributed by atoms with E-state index < -0.39 is 5.97 Å². The molecule has 19 heavy (non-hydrogen) atoms. The number of carboxylic acid groups (broad SMARTS) is 1. The number of aromatic carboxylic acids is 1. The average molecular weight is 302 g/mol. The van der Waals surface area contributed by atoms with Crippen molar-refractivity contribution in [3.8, 4) is 0 Å². The van der Waals surface area contributed by atoms with Gasteiger partial charge in [0.2, 0.25) is 0 Å². The van der Waals surface area contributed by atoms with E-state index in [0.29, 0.717) is 5.69 Å². The molecule has 7 heteroatoms. The summed E-state index contributed by atoms with van der Waals surface area (Å²) in [5.74, 6) is 0.107. The molecule has 1 aliphatic rings. The van der Waals surface area contributed by atoms with Gasteiger partial charge in [-0.15, -0.1) is 0 Å². The molecule has 0 radical (unpaired) electrons. The summed E-state index contributed by atoms with van der Waals surface area (Å²) in [6, 6.07) is 0. The first-order valence-electron chi connectivity index (χ1n) is 6.04. The number of rotatable bonds is 4. The molecule has 0 atom stereocenters. The Hall–Kier alpha value is -0.790. The van der Waals surface area contributed by atoms with Crippen molar-refractivity contribution in [2.24, 2.45) is 0 Å². The molecule has 1 aliphatic heterocycles. The molecule has 2 heterocycles. The average Bonchev–Trinajstić information content (AvgIpc) is 2.72. The van der Waals surface area contributed by atoms with Crippen LogP contribution < -0.4 is 4.90 Å². The van der Waals surface area contributed by atoms with Gasteiger partial charge in [-0.3, -0.25) is 0 Å². The molecular weight excluding hydrogens is 284 g/mol. The number of thiazole rings is 1. The van der Waals surface area contributed by atoms with E-state index in [2.05, 4.69) is 23.7 Å². The maximum Gasteiger partial charge on any atom is 0.347 e. The van der Waals surface area contributed by atoms with Crippen molar-refractivity contribution in [2.75, 3.05) is 30.9 Å². The summed E-state index contributed by atoms with van der Waals surface area (Å²) < 4.78 is 5.19. The summed E-state index contributed by atoms with van der Waals surface area (Å²) >= 11 is 3.18. The lowest BCUT2D eigenvalue weighted by molar-refractivity contribution is 0.0697. The van der Waals surface area contributed by atoms with Crippen LogP contribution in [0, 0.1) is 0 Å². The molecule has 0 amide bonds. The molecule has 1 saturated heterocycles. The first-order chi connectivity index (χ1) is 8.93. The third-order valence-electron chi connectivity index (χ3n) is 2.86. The first-order valence-corrected chi connectivity index (χ1v) is 7.84. The molecule has 1 N–H and O–H groups in total. The lowest BCUT2D eigenvalue weighted by Crippen LogP contribution is -2.43. The van der Waals surface area contributed by atoms with E-state index in [9.17, 15) is 9.90 Å². The molecule has 106 valence electrons. The van der Waals surface area contributed by atoms with Gasteiger partial charge in [-0.2, -0.15) is 11.8 Å². The number of carboxylic acids is 1. The Morgan fingerprint density at radius 1 is 1.58 bits per heavy atom. The number of methoxy groups -OCH3 is 1. The fraction of sp³-hybridized carbons (Fsp3) is 0.667. The number of nitrogens with zero attached hydrogens (tertiary/aromatic N) is 2. The van der Waals surface area contributed by atoms with Crippen LogP contribution in [0.2, 0.25) is 0 Å². The number of aromatic nitrogens is 1. The predicted molar refractivity (Wildman–Crippen MR) is 78.5 cm³/mol. The maximum absolute atomic E-state index is 11.2. The Kier molecular flexibility index (Phi) is 4.37. The van der Waals surface area contributed by atoms with E-state index >= 15 is 0 Å². The van der Waals surface area contributed by atoms with E-state index in [1.54, 1.807) is 7.11 Å². The van der Waals surface area contributed by atoms with E-state index in [1.165, 1.54) is 11.3 Å². The highest BCUT2D eigenvalue weighted by Crippen LogP contribution is 2.35. The Morgan fingerprint density at radius 2 is 2.32 bits per heavy atom. The van der Waals surface area contributed by atoms with Gasteiger partial charge >= 0.3 is 5.97 Å². The lowest BCUT2D eigenvalue weighted by Gasteiger charge is -2.37. The number of thioether (sulfide) groups is 1. The lowest BCUT2D eigenvalue weighted by atomic mass is 10.2. The van der Waals surface area contributed by atoms with Crippen LogP contribution in [-0.4, -0.2) is 46.8 Å². The standard InChI is InChI=1S/C12H18N2O3S2/c1-12(2)7-14(4-5-18-12)11-13-8(6-17-3)9(19-11)10(15)16/h4-7H2,1-3H3,(H,15,16). The number of hydrogen-bond donors (Lipinski definition) is 1. The van der Waals surface area contributed by atoms with Crippen LogP contribution >= 0.6 is 23.1 Å². The molecule has 0 aromatic carbocycles. The van der Waals surface area contributed by atoms with Gasteiger partial charge in [-0.25, -0.2) is 9.78 Å². The third kappa shape index (κ3) is 3.40. The van der Waals surface area contributed by atoms with Crippen LogP contribution in [0.25, 0.3) is 0 Å². The summed E-state index contributed by atoms with van der Waals surface area (Å²) in [5.41, 5.74) is 0.519. The van der Waals surface area contributed by atoms with Crippen LogP contribution in [0.3, 0.4) is 0 Å². The molecule has 2 rings (SSSR count). The van der Waals surface area contributed by atoms with Crippen molar-refractivity contribution in [1.82, 2.24) is 4.98 Å². The van der Waals surface area contributed by atoms with Crippen LogP contribution in [0.15, 0.2) is 0 Å². The van der Waals surface area contributed by atoms with E-state index in [4.69, 9.17) is 4.74 Å². The molecule has 1 aromatic rings. The minimum absolute atomic E-state index is 0.175. The van der Waals surface area contributed by atoms with Crippen molar-refractivity contribution in [3.05, 3.63) is 10.6 Å². The normalized spacial score (nSPS) is 18.6. The second-order valence-electron chi connectivity index (χ2n) is 5.04. The molecule has 0 unspecified atom stereocenters. The van der Waals surface area contributed by atoms with Gasteiger partial charge in [-0.05, 0) is 13.8 Å². The Bertz CT molecular complexity index is 474. The van der Waals surface area contributed by atoms with Crippen molar-refractivity contribution in [2.45, 2.75) is 25.2 Å². The zero-order chi connectivity index (χ0) is 14.0. The van der Waals surface area contributed by atoms with Gasteiger partial charge in [-0.1, -0.05) is 11.3 Å². The monoisotopic (exact) mass is 302 g/mol. The second-order valence-corrected chi connectivity index (χ2v) is 7.82. The van der Waals surface area contributed by atoms with Crippen molar-refractivity contribution in [3.63, 3.8) is 0 Å². The zero-order valence-electron chi connectivity index (χ0n) is 11.3. The van der Waals surface area contributed by atoms with Gasteiger partial charge in [0.1, 0.15) is 4.88 Å². The topological polar surface area (TPSA) is 62.7 Å². The number of hydrogen-bond acceptors (Lipinski definition) is 6. The quantitative estimate of drug-likeness (QED) is 0.921. The summed E-state index contributed by atoms with van der Waals surface area (Å²) in [6.07, 6.45) is 0. The number of ether oxygens (including phenoxy) is 1. The Labute approximate surface area is 121 Å². The predicted octanol–water partition coefficient (Wildman–Crippen LogP) is 2.32. The van der Waals surface area contributed by atoms with Gasteiger partial charge in [0.05, 0.1) is 12.3 Å². The number of carbonyl (C=O) groups is 1. The number of anilines is 1. The molecular formula is C12H18N2O3S2. The molecule has 0 aliphatic carbocycles. The SMILES string of the molecule is COCc1nc(N2CCSC(C)(C)C2)sc1C(=O)O. The van der Waals surface area contributed by atoms with Crippen LogP contribution in [0.1, 0.15) is 29.2 Å². The minimum Gasteiger partial charge on any atom is -0.477 e. The van der Waals surface area contributed by atoms with Crippen LogP contribution in [0.4, 0.5) is 5.13 Å². The fourth-order valence-electron chi connectivity index (χ4n) is 2.06. The molecule has 0 bridgehead atoms. The molecule has 0 spiro atoms. The Balaban J connectivity index is 2.25. The zero-order valence-corrected chi connectivity index (χ0v) is 12.9. The van der Waals surface area contributed by atoms with Gasteiger partial charge in [0.25, 0.3) is 0 Å². The van der Waals surface area contributed by atoms with Crippen molar-refractivity contribution in [1.29, 1.82) is 0 Å². The first kappa shape index (κ1) is 14.6. The van der Waals surface area contributed by atoms with E-state index in [1.807, 2.05) is 11.8 Å². The highest BCUT2D eigenvalue weighted by atomic mass is 32.2. The Morgan fingerprint density at radius 3 is 2.89 bits per heavy atom. The summed E-state index contributed by atoms with van der Waals surface area (Å²) in [7, 11) is 1.55. The maximum atomic E-state index is 11.2. The molecule has 1 fully saturated rings. The van der Waals surface area contributed by atoms with Crippen molar-refractivity contribution >= 4 is 34.2 Å². The minimum atomic E-state index is -0.929. The van der Waals surface area contributed by atoms with E-state index in [-0.39, 0.29) is 16.2 Å². The smallest absolute Gasteiger partial charge is 0.347 e. The fourth-order valence-corrected chi connectivity index (χ4v) is 4.10. The summed E-state index contributed by atoms with van der Waals surface area (Å²) in [5, 5.41) is 9.99. The second kappa shape index (κ2) is 5.68. The summed E-state index contributed by atoms with van der Waals surface area (Å²) in [4.78, 5) is 18.1.